The smallest absolute Gasteiger partial charge is 0.212 e. The second kappa shape index (κ2) is 6.82. The molecular formula is C14H14BrFN2O3. The molecule has 2 aromatic rings. The van der Waals surface area contributed by atoms with Gasteiger partial charge in [0.05, 0.1) is 30.9 Å². The van der Waals surface area contributed by atoms with Crippen molar-refractivity contribution in [2.75, 3.05) is 20.8 Å². The van der Waals surface area contributed by atoms with Crippen LogP contribution in [0.25, 0.3) is 0 Å². The number of ether oxygens (including phenoxy) is 2. The number of aromatic nitrogens is 2. The second-order valence-electron chi connectivity index (χ2n) is 4.24. The van der Waals surface area contributed by atoms with Gasteiger partial charge in [0.2, 0.25) is 5.78 Å². The van der Waals surface area contributed by atoms with Crippen LogP contribution in [0.1, 0.15) is 16.1 Å². The van der Waals surface area contributed by atoms with Crippen molar-refractivity contribution in [3.05, 3.63) is 45.9 Å². The van der Waals surface area contributed by atoms with E-state index < -0.39 is 5.82 Å². The van der Waals surface area contributed by atoms with E-state index in [9.17, 15) is 9.18 Å². The third-order valence-electron chi connectivity index (χ3n) is 2.93. The summed E-state index contributed by atoms with van der Waals surface area (Å²) < 4.78 is 25.4. The molecule has 0 saturated carbocycles. The number of carbonyl (C=O) groups is 1. The van der Waals surface area contributed by atoms with Crippen molar-refractivity contribution in [3.8, 4) is 5.75 Å². The average Bonchev–Trinajstić information content (AvgIpc) is 2.85. The van der Waals surface area contributed by atoms with Gasteiger partial charge >= 0.3 is 0 Å². The Morgan fingerprint density at radius 2 is 2.19 bits per heavy atom. The van der Waals surface area contributed by atoms with Gasteiger partial charge in [-0.3, -0.25) is 9.48 Å². The van der Waals surface area contributed by atoms with Crippen LogP contribution in [0.15, 0.2) is 28.9 Å². The highest BCUT2D eigenvalue weighted by Crippen LogP contribution is 2.24. The molecule has 21 heavy (non-hydrogen) atoms. The van der Waals surface area contributed by atoms with Crippen molar-refractivity contribution in [3.63, 3.8) is 0 Å². The van der Waals surface area contributed by atoms with E-state index in [0.29, 0.717) is 28.9 Å². The lowest BCUT2D eigenvalue weighted by molar-refractivity contribution is 0.102. The van der Waals surface area contributed by atoms with Crippen LogP contribution in [0, 0.1) is 5.82 Å². The third kappa shape index (κ3) is 3.30. The van der Waals surface area contributed by atoms with E-state index >= 15 is 0 Å². The minimum atomic E-state index is -0.513. The molecule has 5 nitrogen and oxygen atoms in total. The summed E-state index contributed by atoms with van der Waals surface area (Å²) >= 11 is 3.31. The Balaban J connectivity index is 2.38. The van der Waals surface area contributed by atoms with Gasteiger partial charge in [0.15, 0.2) is 11.6 Å². The fourth-order valence-corrected chi connectivity index (χ4v) is 2.35. The molecule has 0 saturated heterocycles. The predicted octanol–water partition coefficient (Wildman–Crippen LogP) is 2.67. The molecule has 0 spiro atoms. The topological polar surface area (TPSA) is 53.4 Å². The Labute approximate surface area is 129 Å². The Morgan fingerprint density at radius 3 is 2.86 bits per heavy atom. The maximum absolute atomic E-state index is 13.4. The van der Waals surface area contributed by atoms with Crippen LogP contribution in [0.5, 0.6) is 5.75 Å². The van der Waals surface area contributed by atoms with Crippen LogP contribution in [0.3, 0.4) is 0 Å². The largest absolute Gasteiger partial charge is 0.494 e. The molecule has 112 valence electrons. The molecule has 0 fully saturated rings. The van der Waals surface area contributed by atoms with Crippen molar-refractivity contribution in [2.45, 2.75) is 6.54 Å². The molecular weight excluding hydrogens is 343 g/mol. The average molecular weight is 357 g/mol. The lowest BCUT2D eigenvalue weighted by atomic mass is 10.1. The highest BCUT2D eigenvalue weighted by Gasteiger charge is 2.20. The zero-order chi connectivity index (χ0) is 15.4. The minimum Gasteiger partial charge on any atom is -0.494 e. The van der Waals surface area contributed by atoms with Crippen molar-refractivity contribution >= 4 is 21.7 Å². The number of ketones is 1. The molecule has 0 bridgehead atoms. The summed E-state index contributed by atoms with van der Waals surface area (Å²) in [6.45, 7) is 0.878. The maximum Gasteiger partial charge on any atom is 0.212 e. The molecule has 0 atom stereocenters. The molecule has 0 aliphatic rings. The first-order chi connectivity index (χ1) is 10.1. The van der Waals surface area contributed by atoms with E-state index in [2.05, 4.69) is 21.0 Å². The third-order valence-corrected chi connectivity index (χ3v) is 3.51. The normalized spacial score (nSPS) is 10.7. The predicted molar refractivity (Wildman–Crippen MR) is 78.2 cm³/mol. The SMILES string of the molecule is COCCn1ncc(Br)c1C(=O)c1ccc(F)c(OC)c1. The number of carbonyl (C=O) groups excluding carboxylic acids is 1. The number of methoxy groups -OCH3 is 2. The number of benzene rings is 1. The van der Waals surface area contributed by atoms with E-state index in [4.69, 9.17) is 9.47 Å². The molecule has 0 radical (unpaired) electrons. The number of rotatable bonds is 6. The van der Waals surface area contributed by atoms with Crippen molar-refractivity contribution in [1.29, 1.82) is 0 Å². The Morgan fingerprint density at radius 1 is 1.43 bits per heavy atom. The molecule has 1 heterocycles. The maximum atomic E-state index is 13.4. The summed E-state index contributed by atoms with van der Waals surface area (Å²) in [6, 6.07) is 3.99. The van der Waals surface area contributed by atoms with E-state index in [-0.39, 0.29) is 11.5 Å². The van der Waals surface area contributed by atoms with Crippen LogP contribution in [0.2, 0.25) is 0 Å². The molecule has 2 rings (SSSR count). The lowest BCUT2D eigenvalue weighted by Gasteiger charge is -2.08. The van der Waals surface area contributed by atoms with Crippen molar-refractivity contribution in [2.24, 2.45) is 0 Å². The summed E-state index contributed by atoms with van der Waals surface area (Å²) in [6.07, 6.45) is 1.55. The molecule has 1 aromatic carbocycles. The first-order valence-electron chi connectivity index (χ1n) is 6.17. The quantitative estimate of drug-likeness (QED) is 0.746. The van der Waals surface area contributed by atoms with Crippen LogP contribution in [-0.4, -0.2) is 36.4 Å². The van der Waals surface area contributed by atoms with Crippen LogP contribution in [-0.2, 0) is 11.3 Å². The lowest BCUT2D eigenvalue weighted by Crippen LogP contribution is -2.15. The summed E-state index contributed by atoms with van der Waals surface area (Å²) in [5.74, 6) is -0.755. The zero-order valence-corrected chi connectivity index (χ0v) is 13.2. The Hall–Kier alpha value is -1.73. The standard InChI is InChI=1S/C14H14BrFN2O3/c1-20-6-5-18-13(10(15)8-17-18)14(19)9-3-4-11(16)12(7-9)21-2/h3-4,7-8H,5-6H2,1-2H3. The minimum absolute atomic E-state index is 0.0277. The molecule has 0 aliphatic heterocycles. The van der Waals surface area contributed by atoms with Gasteiger partial charge in [0.25, 0.3) is 0 Å². The summed E-state index contributed by atoms with van der Waals surface area (Å²) in [5.41, 5.74) is 0.717. The van der Waals surface area contributed by atoms with Crippen LogP contribution >= 0.6 is 15.9 Å². The highest BCUT2D eigenvalue weighted by molar-refractivity contribution is 9.10. The van der Waals surface area contributed by atoms with Crippen molar-refractivity contribution in [1.82, 2.24) is 9.78 Å². The molecule has 0 amide bonds. The molecule has 0 unspecified atom stereocenters. The number of halogens is 2. The summed E-state index contributed by atoms with van der Waals surface area (Å²) in [7, 11) is 2.93. The fourth-order valence-electron chi connectivity index (χ4n) is 1.87. The number of nitrogens with zero attached hydrogens (tertiary/aromatic N) is 2. The van der Waals surface area contributed by atoms with Gasteiger partial charge < -0.3 is 9.47 Å². The van der Waals surface area contributed by atoms with Gasteiger partial charge in [-0.1, -0.05) is 0 Å². The van der Waals surface area contributed by atoms with Gasteiger partial charge in [-0.2, -0.15) is 5.10 Å². The fraction of sp³-hybridized carbons (Fsp3) is 0.286. The van der Waals surface area contributed by atoms with E-state index in [1.54, 1.807) is 18.0 Å². The van der Waals surface area contributed by atoms with Crippen LogP contribution < -0.4 is 4.74 Å². The number of hydrogen-bond donors (Lipinski definition) is 0. The van der Waals surface area contributed by atoms with Gasteiger partial charge in [0.1, 0.15) is 5.69 Å². The van der Waals surface area contributed by atoms with Gasteiger partial charge in [0, 0.05) is 12.7 Å². The van der Waals surface area contributed by atoms with E-state index in [0.717, 1.165) is 0 Å². The van der Waals surface area contributed by atoms with E-state index in [1.807, 2.05) is 0 Å². The number of hydrogen-bond acceptors (Lipinski definition) is 4. The van der Waals surface area contributed by atoms with Gasteiger partial charge in [-0.15, -0.1) is 0 Å². The molecule has 0 N–H and O–H groups in total. The monoisotopic (exact) mass is 356 g/mol. The first kappa shape index (κ1) is 15.7. The highest BCUT2D eigenvalue weighted by atomic mass is 79.9. The summed E-state index contributed by atoms with van der Waals surface area (Å²) in [4.78, 5) is 12.6. The van der Waals surface area contributed by atoms with Crippen molar-refractivity contribution < 1.29 is 18.7 Å². The Bertz CT molecular complexity index is 658. The molecule has 0 aliphatic carbocycles. The Kier molecular flexibility index (Phi) is 5.08. The first-order valence-corrected chi connectivity index (χ1v) is 6.96. The van der Waals surface area contributed by atoms with Crippen LogP contribution in [0.4, 0.5) is 4.39 Å². The molecule has 7 heteroatoms. The van der Waals surface area contributed by atoms with Gasteiger partial charge in [-0.25, -0.2) is 4.39 Å². The zero-order valence-electron chi connectivity index (χ0n) is 11.6. The summed E-state index contributed by atoms with van der Waals surface area (Å²) in [5, 5.41) is 4.12. The van der Waals surface area contributed by atoms with Gasteiger partial charge in [-0.05, 0) is 34.1 Å². The van der Waals surface area contributed by atoms with E-state index in [1.165, 1.54) is 25.3 Å². The second-order valence-corrected chi connectivity index (χ2v) is 5.09. The molecule has 1 aromatic heterocycles.